The topological polar surface area (TPSA) is 223 Å². The Kier molecular flexibility index (Phi) is 14.2. The Labute approximate surface area is 342 Å². The summed E-state index contributed by atoms with van der Waals surface area (Å²) >= 11 is 6.03. The number of carbonyl (C=O) groups excluding carboxylic acids is 4. The van der Waals surface area contributed by atoms with Crippen molar-refractivity contribution in [3.8, 4) is 6.01 Å². The van der Waals surface area contributed by atoms with E-state index in [2.05, 4.69) is 41.5 Å². The van der Waals surface area contributed by atoms with E-state index < -0.39 is 65.6 Å². The van der Waals surface area contributed by atoms with E-state index in [1.807, 2.05) is 12.1 Å². The molecule has 2 aromatic carbocycles. The molecule has 1 heterocycles. The monoisotopic (exact) mass is 846 g/mol. The van der Waals surface area contributed by atoms with Crippen LogP contribution in [0, 0.1) is 5.92 Å². The Balaban J connectivity index is 1.13. The number of rotatable bonds is 17. The number of carboxylic acid groups (broad SMARTS) is 1. The Morgan fingerprint density at radius 1 is 0.949 bits per heavy atom. The number of alkyl halides is 3. The lowest BCUT2D eigenvalue weighted by Gasteiger charge is -2.30. The molecular weight excluding hydrogens is 801 g/mol. The highest BCUT2D eigenvalue weighted by Crippen LogP contribution is 2.48. The second kappa shape index (κ2) is 18.9. The van der Waals surface area contributed by atoms with E-state index in [1.54, 1.807) is 32.9 Å². The lowest BCUT2D eigenvalue weighted by Crippen LogP contribution is -2.44. The minimum absolute atomic E-state index is 0.0361. The van der Waals surface area contributed by atoms with Gasteiger partial charge in [-0.2, -0.15) is 28.1 Å². The molecule has 0 radical (unpaired) electrons. The molecule has 1 aromatic heterocycles. The maximum atomic E-state index is 13.0. The van der Waals surface area contributed by atoms with Crippen molar-refractivity contribution in [3.63, 3.8) is 0 Å². The Morgan fingerprint density at radius 3 is 2.25 bits per heavy atom. The van der Waals surface area contributed by atoms with Gasteiger partial charge in [-0.3, -0.25) is 14.4 Å². The van der Waals surface area contributed by atoms with Crippen molar-refractivity contribution in [3.05, 3.63) is 64.7 Å². The van der Waals surface area contributed by atoms with Gasteiger partial charge in [0.25, 0.3) is 11.8 Å². The normalized spacial score (nSPS) is 17.7. The van der Waals surface area contributed by atoms with Crippen LogP contribution in [0.15, 0.2) is 48.5 Å². The van der Waals surface area contributed by atoms with Gasteiger partial charge in [-0.1, -0.05) is 30.2 Å². The predicted molar refractivity (Wildman–Crippen MR) is 208 cm³/mol. The van der Waals surface area contributed by atoms with Gasteiger partial charge in [-0.25, -0.2) is 9.59 Å². The lowest BCUT2D eigenvalue weighted by molar-refractivity contribution is -0.154. The highest BCUT2D eigenvalue weighted by atomic mass is 35.5. The maximum Gasteiger partial charge on any atom is 0.422 e. The summed E-state index contributed by atoms with van der Waals surface area (Å²) in [6, 6.07) is 10.5. The van der Waals surface area contributed by atoms with Crippen LogP contribution in [-0.2, 0) is 24.7 Å². The number of ether oxygens (including phenoxy) is 2. The van der Waals surface area contributed by atoms with Gasteiger partial charge in [0.1, 0.15) is 11.6 Å². The fraction of sp³-hybridized carbons (Fsp3) is 0.487. The van der Waals surface area contributed by atoms with Crippen LogP contribution in [0.3, 0.4) is 0 Å². The molecule has 59 heavy (non-hydrogen) atoms. The smallest absolute Gasteiger partial charge is 0.422 e. The Bertz CT molecular complexity index is 1990. The molecule has 2 aliphatic carbocycles. The highest BCUT2D eigenvalue weighted by Gasteiger charge is 2.45. The average Bonchev–Trinajstić information content (AvgIpc) is 3.93. The van der Waals surface area contributed by atoms with Gasteiger partial charge in [0.05, 0.1) is 5.54 Å². The third-order valence-electron chi connectivity index (χ3n) is 9.43. The fourth-order valence-corrected chi connectivity index (χ4v) is 6.60. The first-order chi connectivity index (χ1) is 27.8. The van der Waals surface area contributed by atoms with Crippen molar-refractivity contribution in [2.45, 2.75) is 102 Å². The number of nitrogens with zero attached hydrogens (tertiary/aromatic N) is 3. The Morgan fingerprint density at radius 2 is 1.63 bits per heavy atom. The van der Waals surface area contributed by atoms with Gasteiger partial charge >= 0.3 is 24.2 Å². The second-order valence-electron chi connectivity index (χ2n) is 15.5. The van der Waals surface area contributed by atoms with Crippen LogP contribution < -0.4 is 31.3 Å². The molecule has 0 spiro atoms. The molecule has 2 aliphatic rings. The van der Waals surface area contributed by atoms with Crippen LogP contribution >= 0.6 is 11.6 Å². The second-order valence-corrected chi connectivity index (χ2v) is 15.9. The third-order valence-corrected chi connectivity index (χ3v) is 9.69. The molecule has 3 atom stereocenters. The van der Waals surface area contributed by atoms with Crippen LogP contribution in [-0.4, -0.2) is 86.7 Å². The summed E-state index contributed by atoms with van der Waals surface area (Å²) < 4.78 is 49.0. The van der Waals surface area contributed by atoms with Crippen LogP contribution in [0.25, 0.3) is 0 Å². The van der Waals surface area contributed by atoms with Crippen molar-refractivity contribution in [1.82, 2.24) is 30.9 Å². The first-order valence-corrected chi connectivity index (χ1v) is 19.3. The molecule has 0 aliphatic heterocycles. The standard InChI is InChI=1S/C39H46ClF3N8O8/c1-37(2,3)59-36(57)46-27-6-4-5-22(19-27)20-29(52)31(54)44-18-15-28(32(55)56)47-30(53)23-7-13-26(14-8-23)45-33-48-34(50-35(49-33)58-21-39(41,42)43)51-38(16-17-38)24-9-11-25(40)12-10-24/h7-14,22,27-28H,4-6,15-21H2,1-3H3,(H,44,54)(H,46,57)(H,47,53)(H,55,56)(H2,45,48,49,50,51)/t22?,27?,28-/m0/s1. The molecule has 3 amide bonds. The predicted octanol–water partition coefficient (Wildman–Crippen LogP) is 6.04. The van der Waals surface area contributed by atoms with E-state index in [1.165, 1.54) is 24.3 Å². The SMILES string of the molecule is CC(C)(C)OC(=O)NC1CCCC(CC(=O)C(=O)NCC[C@H](NC(=O)c2ccc(Nc3nc(NC4(c5ccc(Cl)cc5)CC4)nc(OCC(F)(F)F)n3)cc2)C(=O)O)C1. The molecule has 5 rings (SSSR count). The van der Waals surface area contributed by atoms with E-state index in [9.17, 15) is 42.3 Å². The summed E-state index contributed by atoms with van der Waals surface area (Å²) in [6.45, 7) is 3.42. The summed E-state index contributed by atoms with van der Waals surface area (Å²) in [5, 5.41) is 24.0. The summed E-state index contributed by atoms with van der Waals surface area (Å²) in [5.74, 6) is -3.99. The van der Waals surface area contributed by atoms with Gasteiger partial charge in [-0.15, -0.1) is 0 Å². The molecule has 2 fully saturated rings. The Hall–Kier alpha value is -5.72. The van der Waals surface area contributed by atoms with E-state index in [0.717, 1.165) is 18.4 Å². The van der Waals surface area contributed by atoms with Gasteiger partial charge in [0, 0.05) is 35.3 Å². The van der Waals surface area contributed by atoms with E-state index in [4.69, 9.17) is 21.1 Å². The zero-order valence-corrected chi connectivity index (χ0v) is 33.3. The first kappa shape index (κ1) is 44.4. The minimum atomic E-state index is -4.65. The number of alkyl carbamates (subject to hydrolysis) is 1. The summed E-state index contributed by atoms with van der Waals surface area (Å²) in [6.07, 6.45) is -1.37. The molecular formula is C39H46ClF3N8O8. The molecule has 20 heteroatoms. The number of carbonyl (C=O) groups is 5. The zero-order valence-electron chi connectivity index (χ0n) is 32.6. The molecule has 3 aromatic rings. The molecule has 2 unspecified atom stereocenters. The average molecular weight is 847 g/mol. The number of anilines is 3. The third kappa shape index (κ3) is 14.0. The van der Waals surface area contributed by atoms with Crippen molar-refractivity contribution < 1.29 is 51.7 Å². The van der Waals surface area contributed by atoms with E-state index >= 15 is 0 Å². The molecule has 0 saturated heterocycles. The number of hydrogen-bond donors (Lipinski definition) is 6. The molecule has 2 saturated carbocycles. The molecule has 16 nitrogen and oxygen atoms in total. The van der Waals surface area contributed by atoms with Gasteiger partial charge in [0.2, 0.25) is 17.7 Å². The number of benzene rings is 2. The van der Waals surface area contributed by atoms with Crippen molar-refractivity contribution in [2.24, 2.45) is 5.92 Å². The number of ketones is 1. The van der Waals surface area contributed by atoms with Gasteiger partial charge in [0.15, 0.2) is 6.61 Å². The van der Waals surface area contributed by atoms with Crippen molar-refractivity contribution >= 4 is 58.8 Å². The molecule has 0 bridgehead atoms. The number of halogens is 4. The minimum Gasteiger partial charge on any atom is -0.480 e. The summed E-state index contributed by atoms with van der Waals surface area (Å²) in [4.78, 5) is 74.7. The van der Waals surface area contributed by atoms with Crippen LogP contribution in [0.4, 0.5) is 35.5 Å². The number of carboxylic acids is 1. The number of hydrogen-bond acceptors (Lipinski definition) is 12. The quantitative estimate of drug-likeness (QED) is 0.0854. The number of aliphatic carboxylic acids is 1. The maximum absolute atomic E-state index is 13.0. The molecule has 6 N–H and O–H groups in total. The van der Waals surface area contributed by atoms with Crippen molar-refractivity contribution in [1.29, 1.82) is 0 Å². The number of Topliss-reactive ketones (excluding diaryl/α,β-unsaturated/α-hetero) is 1. The molecule has 318 valence electrons. The summed E-state index contributed by atoms with van der Waals surface area (Å²) in [7, 11) is 0. The van der Waals surface area contributed by atoms with E-state index in [-0.39, 0.29) is 48.8 Å². The number of amides is 3. The number of nitrogens with one attached hydrogen (secondary N) is 5. The zero-order chi connectivity index (χ0) is 43.0. The van der Waals surface area contributed by atoms with Crippen LogP contribution in [0.1, 0.15) is 88.1 Å². The largest absolute Gasteiger partial charge is 0.480 e. The number of aromatic nitrogens is 3. The van der Waals surface area contributed by atoms with Crippen molar-refractivity contribution in [2.75, 3.05) is 23.8 Å². The summed E-state index contributed by atoms with van der Waals surface area (Å²) in [5.41, 5.74) is 0.0472. The van der Waals surface area contributed by atoms with Gasteiger partial charge in [-0.05, 0) is 107 Å². The van der Waals surface area contributed by atoms with Gasteiger partial charge < -0.3 is 41.2 Å². The lowest BCUT2D eigenvalue weighted by atomic mass is 9.82. The van der Waals surface area contributed by atoms with E-state index in [0.29, 0.717) is 36.4 Å². The van der Waals surface area contributed by atoms with Crippen LogP contribution in [0.5, 0.6) is 6.01 Å². The first-order valence-electron chi connectivity index (χ1n) is 19.0. The highest BCUT2D eigenvalue weighted by molar-refractivity contribution is 6.36. The van der Waals surface area contributed by atoms with Crippen LogP contribution in [0.2, 0.25) is 5.02 Å². The fourth-order valence-electron chi connectivity index (χ4n) is 6.47.